The van der Waals surface area contributed by atoms with Crippen molar-refractivity contribution in [3.8, 4) is 0 Å². The molecule has 4 rings (SSSR count). The van der Waals surface area contributed by atoms with Gasteiger partial charge in [0, 0.05) is 44.6 Å². The number of rotatable bonds is 6. The molecule has 1 atom stereocenters. The molecule has 6 heteroatoms. The molecule has 2 aromatic carbocycles. The van der Waals surface area contributed by atoms with Crippen LogP contribution in [0, 0.1) is 5.92 Å². The van der Waals surface area contributed by atoms with Gasteiger partial charge in [0.25, 0.3) is 5.91 Å². The predicted molar refractivity (Wildman–Crippen MR) is 127 cm³/mol. The van der Waals surface area contributed by atoms with E-state index in [1.807, 2.05) is 67.3 Å². The van der Waals surface area contributed by atoms with Crippen molar-refractivity contribution >= 4 is 17.7 Å². The van der Waals surface area contributed by atoms with Crippen molar-refractivity contribution in [2.45, 2.75) is 58.7 Å². The molecule has 0 saturated carbocycles. The Morgan fingerprint density at radius 3 is 2.45 bits per heavy atom. The molecule has 0 bridgehead atoms. The number of likely N-dealkylation sites (tertiary alicyclic amines) is 1. The molecule has 2 aromatic rings. The second-order valence-corrected chi connectivity index (χ2v) is 9.53. The summed E-state index contributed by atoms with van der Waals surface area (Å²) in [6.45, 7) is 6.43. The first-order valence-corrected chi connectivity index (χ1v) is 11.9. The number of carbonyl (C=O) groups excluding carboxylic acids is 3. The van der Waals surface area contributed by atoms with Crippen LogP contribution in [-0.4, -0.2) is 46.7 Å². The fraction of sp³-hybridized carbons (Fsp3) is 0.444. The maximum absolute atomic E-state index is 13.2. The topological polar surface area (TPSA) is 69.7 Å². The smallest absolute Gasteiger partial charge is 0.253 e. The minimum Gasteiger partial charge on any atom is -0.350 e. The Labute approximate surface area is 196 Å². The van der Waals surface area contributed by atoms with Crippen molar-refractivity contribution in [1.29, 1.82) is 0 Å². The van der Waals surface area contributed by atoms with Gasteiger partial charge in [-0.1, -0.05) is 50.2 Å². The summed E-state index contributed by atoms with van der Waals surface area (Å²) in [7, 11) is 0. The molecule has 2 aliphatic heterocycles. The number of hydrogen-bond donors (Lipinski definition) is 1. The van der Waals surface area contributed by atoms with Crippen molar-refractivity contribution < 1.29 is 14.4 Å². The maximum Gasteiger partial charge on any atom is 0.253 e. The summed E-state index contributed by atoms with van der Waals surface area (Å²) in [4.78, 5) is 42.5. The van der Waals surface area contributed by atoms with Gasteiger partial charge in [-0.05, 0) is 47.6 Å². The van der Waals surface area contributed by atoms with E-state index in [2.05, 4.69) is 5.32 Å². The van der Waals surface area contributed by atoms with E-state index in [1.165, 1.54) is 0 Å². The van der Waals surface area contributed by atoms with E-state index in [9.17, 15) is 14.4 Å². The number of fused-ring (bicyclic) bond motifs is 1. The summed E-state index contributed by atoms with van der Waals surface area (Å²) in [5.74, 6) is 0.139. The average Bonchev–Trinajstić information content (AvgIpc) is 3.36. The van der Waals surface area contributed by atoms with E-state index < -0.39 is 6.04 Å². The van der Waals surface area contributed by atoms with Gasteiger partial charge < -0.3 is 15.1 Å². The van der Waals surface area contributed by atoms with Crippen molar-refractivity contribution in [3.05, 3.63) is 70.8 Å². The zero-order chi connectivity index (χ0) is 23.4. The summed E-state index contributed by atoms with van der Waals surface area (Å²) >= 11 is 0. The SMILES string of the molecule is CC(C)CC(=O)N1Cc2ccccc2CC1C(=O)NCc1cccc(C(=O)N2CCCC2)c1. The number of benzene rings is 2. The highest BCUT2D eigenvalue weighted by Gasteiger charge is 2.34. The first-order chi connectivity index (χ1) is 15.9. The van der Waals surface area contributed by atoms with Crippen molar-refractivity contribution in [2.75, 3.05) is 13.1 Å². The van der Waals surface area contributed by atoms with Crippen LogP contribution in [0.25, 0.3) is 0 Å². The lowest BCUT2D eigenvalue weighted by Gasteiger charge is -2.36. The number of nitrogens with one attached hydrogen (secondary N) is 1. The van der Waals surface area contributed by atoms with Gasteiger partial charge >= 0.3 is 0 Å². The van der Waals surface area contributed by atoms with Crippen molar-refractivity contribution in [2.24, 2.45) is 5.92 Å². The number of hydrogen-bond acceptors (Lipinski definition) is 3. The highest BCUT2D eigenvalue weighted by atomic mass is 16.2. The maximum atomic E-state index is 13.2. The third-order valence-electron chi connectivity index (χ3n) is 6.49. The molecule has 0 spiro atoms. The largest absolute Gasteiger partial charge is 0.350 e. The first kappa shape index (κ1) is 23.0. The van der Waals surface area contributed by atoms with E-state index in [-0.39, 0.29) is 23.6 Å². The molecule has 0 aromatic heterocycles. The molecule has 1 N–H and O–H groups in total. The standard InChI is InChI=1S/C27H33N3O3/c1-19(2)14-25(31)30-18-23-10-4-3-9-21(23)16-24(30)26(32)28-17-20-8-7-11-22(15-20)27(33)29-12-5-6-13-29/h3-4,7-11,15,19,24H,5-6,12-14,16-18H2,1-2H3,(H,28,32). The number of amides is 3. The molecule has 3 amide bonds. The number of nitrogens with zero attached hydrogens (tertiary/aromatic N) is 2. The highest BCUT2D eigenvalue weighted by Crippen LogP contribution is 2.25. The van der Waals surface area contributed by atoms with Crippen LogP contribution in [-0.2, 0) is 29.1 Å². The monoisotopic (exact) mass is 447 g/mol. The second kappa shape index (κ2) is 10.2. The molecule has 33 heavy (non-hydrogen) atoms. The second-order valence-electron chi connectivity index (χ2n) is 9.53. The van der Waals surface area contributed by atoms with Crippen LogP contribution in [0.4, 0.5) is 0 Å². The molecular formula is C27H33N3O3. The van der Waals surface area contributed by atoms with E-state index in [0.29, 0.717) is 31.5 Å². The predicted octanol–water partition coefficient (Wildman–Crippen LogP) is 3.54. The zero-order valence-corrected chi connectivity index (χ0v) is 19.5. The van der Waals surface area contributed by atoms with Crippen LogP contribution >= 0.6 is 0 Å². The Morgan fingerprint density at radius 1 is 1.00 bits per heavy atom. The van der Waals surface area contributed by atoms with Gasteiger partial charge in [0.15, 0.2) is 0 Å². The molecule has 2 aliphatic rings. The van der Waals surface area contributed by atoms with E-state index in [4.69, 9.17) is 0 Å². The molecule has 6 nitrogen and oxygen atoms in total. The van der Waals surface area contributed by atoms with E-state index in [1.54, 1.807) is 4.90 Å². The van der Waals surface area contributed by atoms with Crippen LogP contribution in [0.15, 0.2) is 48.5 Å². The quantitative estimate of drug-likeness (QED) is 0.736. The van der Waals surface area contributed by atoms with Gasteiger partial charge in [-0.2, -0.15) is 0 Å². The van der Waals surface area contributed by atoms with Crippen LogP contribution in [0.2, 0.25) is 0 Å². The van der Waals surface area contributed by atoms with Crippen LogP contribution in [0.1, 0.15) is 60.2 Å². The fourth-order valence-electron chi connectivity index (χ4n) is 4.71. The zero-order valence-electron chi connectivity index (χ0n) is 19.5. The Morgan fingerprint density at radius 2 is 1.73 bits per heavy atom. The molecule has 1 fully saturated rings. The molecule has 0 radical (unpaired) electrons. The van der Waals surface area contributed by atoms with E-state index >= 15 is 0 Å². The molecule has 2 heterocycles. The Kier molecular flexibility index (Phi) is 7.11. The van der Waals surface area contributed by atoms with Gasteiger partial charge in [0.05, 0.1) is 0 Å². The highest BCUT2D eigenvalue weighted by molar-refractivity contribution is 5.94. The van der Waals surface area contributed by atoms with Gasteiger partial charge in [-0.25, -0.2) is 0 Å². The van der Waals surface area contributed by atoms with Gasteiger partial charge in [-0.15, -0.1) is 0 Å². The fourth-order valence-corrected chi connectivity index (χ4v) is 4.71. The summed E-state index contributed by atoms with van der Waals surface area (Å²) in [6, 6.07) is 15.0. The lowest BCUT2D eigenvalue weighted by Crippen LogP contribution is -2.52. The minimum atomic E-state index is -0.527. The summed E-state index contributed by atoms with van der Waals surface area (Å²) in [6.07, 6.45) is 3.04. The third-order valence-corrected chi connectivity index (χ3v) is 6.49. The lowest BCUT2D eigenvalue weighted by molar-refractivity contribution is -0.142. The summed E-state index contributed by atoms with van der Waals surface area (Å²) in [5, 5.41) is 3.02. The van der Waals surface area contributed by atoms with Gasteiger partial charge in [0.1, 0.15) is 6.04 Å². The Hall–Kier alpha value is -3.15. The lowest BCUT2D eigenvalue weighted by atomic mass is 9.92. The van der Waals surface area contributed by atoms with Crippen LogP contribution < -0.4 is 5.32 Å². The third kappa shape index (κ3) is 5.44. The van der Waals surface area contributed by atoms with Gasteiger partial charge in [-0.3, -0.25) is 14.4 Å². The van der Waals surface area contributed by atoms with Crippen molar-refractivity contribution in [3.63, 3.8) is 0 Å². The number of carbonyl (C=O) groups is 3. The Bertz CT molecular complexity index is 1030. The molecular weight excluding hydrogens is 414 g/mol. The van der Waals surface area contributed by atoms with Gasteiger partial charge in [0.2, 0.25) is 11.8 Å². The van der Waals surface area contributed by atoms with E-state index in [0.717, 1.165) is 42.6 Å². The summed E-state index contributed by atoms with van der Waals surface area (Å²) < 4.78 is 0. The van der Waals surface area contributed by atoms with Crippen LogP contribution in [0.3, 0.4) is 0 Å². The summed E-state index contributed by atoms with van der Waals surface area (Å²) in [5.41, 5.74) is 3.75. The molecule has 1 saturated heterocycles. The Balaban J connectivity index is 1.45. The molecule has 174 valence electrons. The van der Waals surface area contributed by atoms with Crippen LogP contribution in [0.5, 0.6) is 0 Å². The van der Waals surface area contributed by atoms with Crippen molar-refractivity contribution in [1.82, 2.24) is 15.1 Å². The normalized spacial score (nSPS) is 17.7. The molecule has 0 aliphatic carbocycles. The first-order valence-electron chi connectivity index (χ1n) is 11.9. The average molecular weight is 448 g/mol. The molecule has 1 unspecified atom stereocenters. The minimum absolute atomic E-state index is 0.0119.